The summed E-state index contributed by atoms with van der Waals surface area (Å²) in [6.45, 7) is 0. The van der Waals surface area contributed by atoms with Crippen LogP contribution in [0.4, 0.5) is 0 Å². The summed E-state index contributed by atoms with van der Waals surface area (Å²) < 4.78 is 0. The van der Waals surface area contributed by atoms with Gasteiger partial charge in [0, 0.05) is 18.3 Å². The van der Waals surface area contributed by atoms with Gasteiger partial charge in [-0.25, -0.2) is 0 Å². The fraction of sp³-hybridized carbons (Fsp3) is 0.409. The van der Waals surface area contributed by atoms with Crippen molar-refractivity contribution in [1.82, 2.24) is 0 Å². The van der Waals surface area contributed by atoms with Gasteiger partial charge < -0.3 is 5.11 Å². The number of phenolic OH excluding ortho intramolecular Hbond substituents is 1. The molecular formula is C22H24O2. The molecule has 0 amide bonds. The second kappa shape index (κ2) is 6.08. The summed E-state index contributed by atoms with van der Waals surface area (Å²) in [6, 6.07) is 16.6. The fourth-order valence-electron chi connectivity index (χ4n) is 4.97. The van der Waals surface area contributed by atoms with Crippen molar-refractivity contribution in [3.63, 3.8) is 0 Å². The van der Waals surface area contributed by atoms with Crippen molar-refractivity contribution in [2.75, 3.05) is 0 Å². The molecule has 0 aliphatic heterocycles. The van der Waals surface area contributed by atoms with Crippen molar-refractivity contribution in [3.05, 3.63) is 65.2 Å². The molecule has 2 aromatic rings. The van der Waals surface area contributed by atoms with Gasteiger partial charge in [-0.2, -0.15) is 0 Å². The molecule has 124 valence electrons. The summed E-state index contributed by atoms with van der Waals surface area (Å²) in [4.78, 5) is 12.2. The highest BCUT2D eigenvalue weighted by Gasteiger charge is 2.46. The number of Topliss-reactive ketones (excluding diaryl/α,β-unsaturated/α-hetero) is 1. The SMILES string of the molecule is O=C1CCC2(Cc3ccccc3)c3ccc(O)cc3CCCC2C1. The van der Waals surface area contributed by atoms with Gasteiger partial charge in [-0.05, 0) is 66.8 Å². The van der Waals surface area contributed by atoms with Crippen LogP contribution in [0.3, 0.4) is 0 Å². The molecule has 2 aromatic carbocycles. The number of rotatable bonds is 2. The third kappa shape index (κ3) is 2.64. The first-order chi connectivity index (χ1) is 11.7. The van der Waals surface area contributed by atoms with E-state index in [0.717, 1.165) is 32.1 Å². The highest BCUT2D eigenvalue weighted by atomic mass is 16.3. The van der Waals surface area contributed by atoms with Gasteiger partial charge in [-0.15, -0.1) is 0 Å². The van der Waals surface area contributed by atoms with Crippen LogP contribution in [0.25, 0.3) is 0 Å². The van der Waals surface area contributed by atoms with E-state index >= 15 is 0 Å². The van der Waals surface area contributed by atoms with E-state index in [9.17, 15) is 9.90 Å². The van der Waals surface area contributed by atoms with Crippen LogP contribution < -0.4 is 0 Å². The van der Waals surface area contributed by atoms with E-state index in [4.69, 9.17) is 0 Å². The Morgan fingerprint density at radius 1 is 1.08 bits per heavy atom. The van der Waals surface area contributed by atoms with Crippen LogP contribution in [0, 0.1) is 5.92 Å². The lowest BCUT2D eigenvalue weighted by Crippen LogP contribution is -2.42. The average molecular weight is 320 g/mol. The van der Waals surface area contributed by atoms with Gasteiger partial charge in [0.1, 0.15) is 11.5 Å². The normalized spacial score (nSPS) is 26.3. The number of carbonyl (C=O) groups excluding carboxylic acids is 1. The number of carbonyl (C=O) groups is 1. The Labute approximate surface area is 143 Å². The van der Waals surface area contributed by atoms with Crippen LogP contribution in [0.15, 0.2) is 48.5 Å². The number of benzene rings is 2. The minimum atomic E-state index is 0.0365. The van der Waals surface area contributed by atoms with Gasteiger partial charge in [0.2, 0.25) is 0 Å². The number of aromatic hydroxyl groups is 1. The molecule has 0 aromatic heterocycles. The highest BCUT2D eigenvalue weighted by molar-refractivity contribution is 5.80. The fourth-order valence-corrected chi connectivity index (χ4v) is 4.97. The second-order valence-corrected chi connectivity index (χ2v) is 7.49. The minimum Gasteiger partial charge on any atom is -0.508 e. The summed E-state index contributed by atoms with van der Waals surface area (Å²) in [5.74, 6) is 1.20. The van der Waals surface area contributed by atoms with Crippen molar-refractivity contribution < 1.29 is 9.90 Å². The van der Waals surface area contributed by atoms with Gasteiger partial charge in [-0.1, -0.05) is 36.4 Å². The largest absolute Gasteiger partial charge is 0.508 e. The topological polar surface area (TPSA) is 37.3 Å². The smallest absolute Gasteiger partial charge is 0.133 e. The third-order valence-electron chi connectivity index (χ3n) is 6.09. The number of aryl methyl sites for hydroxylation is 1. The van der Waals surface area contributed by atoms with Crippen molar-refractivity contribution in [3.8, 4) is 5.75 Å². The minimum absolute atomic E-state index is 0.0365. The Balaban J connectivity index is 1.84. The molecule has 1 fully saturated rings. The number of hydrogen-bond donors (Lipinski definition) is 1. The lowest BCUT2D eigenvalue weighted by atomic mass is 9.59. The summed E-state index contributed by atoms with van der Waals surface area (Å²) in [5, 5.41) is 9.94. The molecule has 0 saturated heterocycles. The summed E-state index contributed by atoms with van der Waals surface area (Å²) in [7, 11) is 0. The first-order valence-corrected chi connectivity index (χ1v) is 9.05. The maximum absolute atomic E-state index is 12.2. The molecule has 2 nitrogen and oxygen atoms in total. The summed E-state index contributed by atoms with van der Waals surface area (Å²) in [5.41, 5.74) is 4.04. The number of hydrogen-bond acceptors (Lipinski definition) is 2. The molecule has 0 heterocycles. The van der Waals surface area contributed by atoms with E-state index < -0.39 is 0 Å². The standard InChI is InChI=1S/C22H24O2/c23-19-9-10-21-17(13-19)7-4-8-18-14-20(24)11-12-22(18,21)15-16-5-2-1-3-6-16/h1-3,5-6,9-10,13,18,23H,4,7-8,11-12,14-15H2. The Kier molecular flexibility index (Phi) is 3.91. The van der Waals surface area contributed by atoms with E-state index in [1.165, 1.54) is 16.7 Å². The van der Waals surface area contributed by atoms with E-state index in [-0.39, 0.29) is 5.41 Å². The van der Waals surface area contributed by atoms with E-state index in [2.05, 4.69) is 36.4 Å². The van der Waals surface area contributed by atoms with Crippen LogP contribution in [0.5, 0.6) is 5.75 Å². The molecule has 4 rings (SSSR count). The van der Waals surface area contributed by atoms with E-state index in [0.29, 0.717) is 30.3 Å². The Hall–Kier alpha value is -2.09. The molecule has 0 bridgehead atoms. The van der Waals surface area contributed by atoms with Crippen molar-refractivity contribution >= 4 is 5.78 Å². The molecule has 2 aliphatic carbocycles. The van der Waals surface area contributed by atoms with Gasteiger partial charge in [-0.3, -0.25) is 4.79 Å². The van der Waals surface area contributed by atoms with Crippen LogP contribution in [-0.4, -0.2) is 10.9 Å². The van der Waals surface area contributed by atoms with Crippen LogP contribution in [-0.2, 0) is 23.1 Å². The molecule has 2 heteroatoms. The second-order valence-electron chi connectivity index (χ2n) is 7.49. The molecule has 2 atom stereocenters. The third-order valence-corrected chi connectivity index (χ3v) is 6.09. The van der Waals surface area contributed by atoms with Gasteiger partial charge in [0.05, 0.1) is 0 Å². The van der Waals surface area contributed by atoms with Crippen LogP contribution in [0.1, 0.15) is 48.8 Å². The maximum atomic E-state index is 12.2. The zero-order chi connectivity index (χ0) is 16.6. The monoisotopic (exact) mass is 320 g/mol. The van der Waals surface area contributed by atoms with Gasteiger partial charge in [0.15, 0.2) is 0 Å². The maximum Gasteiger partial charge on any atom is 0.133 e. The lowest BCUT2D eigenvalue weighted by molar-refractivity contribution is -0.123. The van der Waals surface area contributed by atoms with Crippen molar-refractivity contribution in [2.45, 2.75) is 50.4 Å². The van der Waals surface area contributed by atoms with Crippen LogP contribution >= 0.6 is 0 Å². The molecular weight excluding hydrogens is 296 g/mol. The predicted molar refractivity (Wildman–Crippen MR) is 95.2 cm³/mol. The summed E-state index contributed by atoms with van der Waals surface area (Å²) >= 11 is 0. The molecule has 2 unspecified atom stereocenters. The molecule has 0 radical (unpaired) electrons. The molecule has 1 saturated carbocycles. The number of ketones is 1. The number of phenols is 1. The highest BCUT2D eigenvalue weighted by Crippen LogP contribution is 2.50. The van der Waals surface area contributed by atoms with Crippen molar-refractivity contribution in [1.29, 1.82) is 0 Å². The summed E-state index contributed by atoms with van der Waals surface area (Å²) in [6.07, 6.45) is 6.54. The molecule has 24 heavy (non-hydrogen) atoms. The van der Waals surface area contributed by atoms with E-state index in [1.807, 2.05) is 12.1 Å². The van der Waals surface area contributed by atoms with Crippen molar-refractivity contribution in [2.24, 2.45) is 5.92 Å². The molecule has 2 aliphatic rings. The predicted octanol–water partition coefficient (Wildman–Crippen LogP) is 4.58. The van der Waals surface area contributed by atoms with Gasteiger partial charge >= 0.3 is 0 Å². The average Bonchev–Trinajstić information content (AvgIpc) is 2.72. The van der Waals surface area contributed by atoms with Crippen LogP contribution in [0.2, 0.25) is 0 Å². The molecule has 1 N–H and O–H groups in total. The number of fused-ring (bicyclic) bond motifs is 3. The zero-order valence-corrected chi connectivity index (χ0v) is 14.0. The lowest BCUT2D eigenvalue weighted by Gasteiger charge is -2.44. The van der Waals surface area contributed by atoms with Gasteiger partial charge in [0.25, 0.3) is 0 Å². The Morgan fingerprint density at radius 2 is 1.92 bits per heavy atom. The van der Waals surface area contributed by atoms with E-state index in [1.54, 1.807) is 0 Å². The quantitative estimate of drug-likeness (QED) is 0.879. The first-order valence-electron chi connectivity index (χ1n) is 9.05. The Morgan fingerprint density at radius 3 is 2.75 bits per heavy atom. The first kappa shape index (κ1) is 15.4. The Bertz CT molecular complexity index is 750. The zero-order valence-electron chi connectivity index (χ0n) is 14.0. The molecule has 0 spiro atoms.